The second kappa shape index (κ2) is 9.17. The number of fused-ring (bicyclic) bond motifs is 1. The van der Waals surface area contributed by atoms with Crippen LogP contribution >= 0.6 is 0 Å². The maximum Gasteiger partial charge on any atom is 0.191 e. The van der Waals surface area contributed by atoms with Gasteiger partial charge in [-0.05, 0) is 47.5 Å². The molecule has 2 rings (SSSR count). The predicted octanol–water partition coefficient (Wildman–Crippen LogP) is 1.58. The van der Waals surface area contributed by atoms with Crippen molar-refractivity contribution in [2.24, 2.45) is 4.99 Å². The minimum Gasteiger partial charge on any atom is -0.356 e. The highest BCUT2D eigenvalue weighted by Gasteiger charge is 2.21. The summed E-state index contributed by atoms with van der Waals surface area (Å²) in [5, 5.41) is 11.4. The second-order valence-electron chi connectivity index (χ2n) is 7.42. The van der Waals surface area contributed by atoms with Crippen LogP contribution in [0.5, 0.6) is 0 Å². The Morgan fingerprint density at radius 1 is 1.32 bits per heavy atom. The number of rotatable bonds is 7. The lowest BCUT2D eigenvalue weighted by atomic mass is 10.1. The summed E-state index contributed by atoms with van der Waals surface area (Å²) in [5.74, 6) is 2.84. The zero-order chi connectivity index (χ0) is 18.4. The van der Waals surface area contributed by atoms with Crippen molar-refractivity contribution in [2.75, 3.05) is 20.1 Å². The van der Waals surface area contributed by atoms with Crippen molar-refractivity contribution in [1.82, 2.24) is 30.3 Å². The molecule has 1 aromatic heterocycles. The van der Waals surface area contributed by atoms with Crippen molar-refractivity contribution in [3.05, 3.63) is 11.6 Å². The summed E-state index contributed by atoms with van der Waals surface area (Å²) < 4.78 is 2.02. The van der Waals surface area contributed by atoms with Crippen LogP contribution in [0.25, 0.3) is 0 Å². The topological polar surface area (TPSA) is 70.4 Å². The molecule has 0 saturated heterocycles. The first-order valence-electron chi connectivity index (χ1n) is 9.54. The molecule has 0 aromatic carbocycles. The van der Waals surface area contributed by atoms with E-state index in [1.165, 1.54) is 0 Å². The minimum absolute atomic E-state index is 0.350. The lowest BCUT2D eigenvalue weighted by molar-refractivity contribution is 0.173. The number of nitrogens with zero attached hydrogens (tertiary/aromatic N) is 5. The molecule has 1 unspecified atom stereocenters. The van der Waals surface area contributed by atoms with Crippen LogP contribution in [0.15, 0.2) is 4.99 Å². The first kappa shape index (κ1) is 19.7. The molecule has 25 heavy (non-hydrogen) atoms. The fourth-order valence-electron chi connectivity index (χ4n) is 3.52. The van der Waals surface area contributed by atoms with E-state index in [0.717, 1.165) is 56.5 Å². The van der Waals surface area contributed by atoms with Gasteiger partial charge in [-0.3, -0.25) is 9.89 Å². The summed E-state index contributed by atoms with van der Waals surface area (Å²) in [6.45, 7) is 13.9. The van der Waals surface area contributed by atoms with Gasteiger partial charge in [-0.25, -0.2) is 9.67 Å². The third-order valence-electron chi connectivity index (χ3n) is 4.74. The van der Waals surface area contributed by atoms with Gasteiger partial charge >= 0.3 is 0 Å². The maximum atomic E-state index is 4.46. The van der Waals surface area contributed by atoms with Crippen LogP contribution in [0, 0.1) is 6.92 Å². The molecule has 0 saturated carbocycles. The van der Waals surface area contributed by atoms with E-state index in [1.54, 1.807) is 0 Å². The van der Waals surface area contributed by atoms with Crippen LogP contribution in [0.2, 0.25) is 0 Å². The number of aromatic nitrogens is 3. The van der Waals surface area contributed by atoms with Crippen LogP contribution in [0.3, 0.4) is 0 Å². The van der Waals surface area contributed by atoms with Gasteiger partial charge in [0.05, 0.1) is 6.54 Å². The second-order valence-corrected chi connectivity index (χ2v) is 7.42. The lowest BCUT2D eigenvalue weighted by Gasteiger charge is -2.30. The summed E-state index contributed by atoms with van der Waals surface area (Å²) >= 11 is 0. The van der Waals surface area contributed by atoms with Gasteiger partial charge < -0.3 is 10.6 Å². The van der Waals surface area contributed by atoms with E-state index in [4.69, 9.17) is 0 Å². The monoisotopic (exact) mass is 349 g/mol. The molecule has 0 radical (unpaired) electrons. The van der Waals surface area contributed by atoms with Crippen molar-refractivity contribution < 1.29 is 0 Å². The SMILES string of the molecule is CN=C(NCCCN(C(C)C)C(C)C)NC1CCc2nc(C)nn2C1. The van der Waals surface area contributed by atoms with Crippen molar-refractivity contribution in [1.29, 1.82) is 0 Å². The number of aryl methyl sites for hydroxylation is 2. The van der Waals surface area contributed by atoms with Gasteiger partial charge in [-0.1, -0.05) is 0 Å². The molecule has 0 bridgehead atoms. The number of guanidine groups is 1. The van der Waals surface area contributed by atoms with E-state index in [0.29, 0.717) is 18.1 Å². The maximum absolute atomic E-state index is 4.46. The fraction of sp³-hybridized carbons (Fsp3) is 0.833. The highest BCUT2D eigenvalue weighted by molar-refractivity contribution is 5.79. The van der Waals surface area contributed by atoms with Gasteiger partial charge in [0, 0.05) is 44.7 Å². The Balaban J connectivity index is 1.74. The number of hydrogen-bond donors (Lipinski definition) is 2. The van der Waals surface area contributed by atoms with Gasteiger partial charge in [-0.15, -0.1) is 0 Å². The Bertz CT molecular complexity index is 554. The fourth-order valence-corrected chi connectivity index (χ4v) is 3.52. The molecule has 0 aliphatic carbocycles. The zero-order valence-corrected chi connectivity index (χ0v) is 16.7. The summed E-state index contributed by atoms with van der Waals surface area (Å²) in [6.07, 6.45) is 3.13. The highest BCUT2D eigenvalue weighted by atomic mass is 15.4. The Hall–Kier alpha value is -1.63. The van der Waals surface area contributed by atoms with Crippen molar-refractivity contribution in [2.45, 2.75) is 78.6 Å². The molecular weight excluding hydrogens is 314 g/mol. The Labute approximate surface area is 152 Å². The molecule has 142 valence electrons. The molecule has 1 aromatic rings. The van der Waals surface area contributed by atoms with Crippen molar-refractivity contribution in [3.8, 4) is 0 Å². The molecule has 7 nitrogen and oxygen atoms in total. The van der Waals surface area contributed by atoms with Gasteiger partial charge in [0.15, 0.2) is 5.96 Å². The van der Waals surface area contributed by atoms with Crippen LogP contribution in [-0.4, -0.2) is 63.9 Å². The number of hydrogen-bond acceptors (Lipinski definition) is 4. The minimum atomic E-state index is 0.350. The van der Waals surface area contributed by atoms with Crippen LogP contribution in [-0.2, 0) is 13.0 Å². The standard InChI is InChI=1S/C18H35N7/c1-13(2)24(14(3)4)11-7-10-20-18(19-6)22-16-8-9-17-21-15(5)23-25(17)12-16/h13-14,16H,7-12H2,1-6H3,(H2,19,20,22). The van der Waals surface area contributed by atoms with Crippen LogP contribution in [0.4, 0.5) is 0 Å². The van der Waals surface area contributed by atoms with Crippen molar-refractivity contribution in [3.63, 3.8) is 0 Å². The van der Waals surface area contributed by atoms with E-state index in [2.05, 4.69) is 58.3 Å². The van der Waals surface area contributed by atoms with Crippen molar-refractivity contribution >= 4 is 5.96 Å². The molecule has 0 spiro atoms. The molecule has 2 heterocycles. The summed E-state index contributed by atoms with van der Waals surface area (Å²) in [6, 6.07) is 1.52. The quantitative estimate of drug-likeness (QED) is 0.444. The first-order chi connectivity index (χ1) is 11.9. The third kappa shape index (κ3) is 5.70. The highest BCUT2D eigenvalue weighted by Crippen LogP contribution is 2.12. The predicted molar refractivity (Wildman–Crippen MR) is 103 cm³/mol. The van der Waals surface area contributed by atoms with E-state index >= 15 is 0 Å². The smallest absolute Gasteiger partial charge is 0.191 e. The van der Waals surface area contributed by atoms with E-state index in [9.17, 15) is 0 Å². The van der Waals surface area contributed by atoms with E-state index < -0.39 is 0 Å². The van der Waals surface area contributed by atoms with Gasteiger partial charge in [-0.2, -0.15) is 5.10 Å². The Kier molecular flexibility index (Phi) is 7.23. The molecule has 0 amide bonds. The summed E-state index contributed by atoms with van der Waals surface area (Å²) in [5.41, 5.74) is 0. The first-order valence-corrected chi connectivity index (χ1v) is 9.54. The third-order valence-corrected chi connectivity index (χ3v) is 4.74. The molecule has 2 N–H and O–H groups in total. The molecule has 1 aliphatic rings. The number of aliphatic imine (C=N–C) groups is 1. The van der Waals surface area contributed by atoms with Gasteiger partial charge in [0.25, 0.3) is 0 Å². The normalized spacial score (nSPS) is 18.1. The molecule has 1 atom stereocenters. The molecule has 1 aliphatic heterocycles. The Morgan fingerprint density at radius 3 is 2.68 bits per heavy atom. The summed E-state index contributed by atoms with van der Waals surface area (Å²) in [4.78, 5) is 11.4. The number of nitrogens with one attached hydrogen (secondary N) is 2. The lowest BCUT2D eigenvalue weighted by Crippen LogP contribution is -2.47. The van der Waals surface area contributed by atoms with Gasteiger partial charge in [0.1, 0.15) is 11.6 Å². The van der Waals surface area contributed by atoms with Crippen LogP contribution in [0.1, 0.15) is 52.2 Å². The molecular formula is C18H35N7. The summed E-state index contributed by atoms with van der Waals surface area (Å²) in [7, 11) is 1.83. The van der Waals surface area contributed by atoms with Crippen LogP contribution < -0.4 is 10.6 Å². The van der Waals surface area contributed by atoms with E-state index in [-0.39, 0.29) is 0 Å². The average Bonchev–Trinajstić information content (AvgIpc) is 2.91. The van der Waals surface area contributed by atoms with E-state index in [1.807, 2.05) is 18.7 Å². The average molecular weight is 350 g/mol. The zero-order valence-electron chi connectivity index (χ0n) is 16.7. The largest absolute Gasteiger partial charge is 0.356 e. The Morgan fingerprint density at radius 2 is 2.04 bits per heavy atom. The van der Waals surface area contributed by atoms with Gasteiger partial charge in [0.2, 0.25) is 0 Å². The molecule has 7 heteroatoms. The molecule has 0 fully saturated rings.